The first kappa shape index (κ1) is 17.0. The zero-order valence-electron chi connectivity index (χ0n) is 13.7. The summed E-state index contributed by atoms with van der Waals surface area (Å²) in [5, 5.41) is 4.64. The topological polar surface area (TPSA) is 43.8 Å². The molecule has 0 aliphatic heterocycles. The number of nitrogens with zero attached hydrogens (tertiary/aromatic N) is 2. The Kier molecular flexibility index (Phi) is 6.30. The van der Waals surface area contributed by atoms with E-state index in [-0.39, 0.29) is 0 Å². The monoisotopic (exact) mass is 355 g/mol. The van der Waals surface area contributed by atoms with Crippen LogP contribution in [0.3, 0.4) is 0 Å². The molecule has 0 radical (unpaired) electrons. The molecule has 0 spiro atoms. The van der Waals surface area contributed by atoms with Gasteiger partial charge in [0, 0.05) is 6.54 Å². The minimum Gasteiger partial charge on any atom is -0.330 e. The molecule has 1 aromatic rings. The van der Waals surface area contributed by atoms with Gasteiger partial charge < -0.3 is 5.73 Å². The lowest BCUT2D eigenvalue weighted by Crippen LogP contribution is -2.32. The molecule has 3 nitrogen and oxygen atoms in total. The van der Waals surface area contributed by atoms with Gasteiger partial charge in [0.05, 0.1) is 15.9 Å². The maximum absolute atomic E-state index is 6.05. The summed E-state index contributed by atoms with van der Waals surface area (Å²) < 4.78 is 3.37. The second-order valence-electron chi connectivity index (χ2n) is 6.59. The molecule has 1 fully saturated rings. The van der Waals surface area contributed by atoms with E-state index in [1.54, 1.807) is 0 Å². The van der Waals surface area contributed by atoms with Crippen molar-refractivity contribution in [2.45, 2.75) is 65.8 Å². The molecule has 3 unspecified atom stereocenters. The molecule has 1 saturated carbocycles. The number of hydrogen-bond acceptors (Lipinski definition) is 2. The lowest BCUT2D eigenvalue weighted by Gasteiger charge is -2.36. The fourth-order valence-electron chi connectivity index (χ4n) is 3.97. The predicted molar refractivity (Wildman–Crippen MR) is 92.3 cm³/mol. The Morgan fingerprint density at radius 1 is 1.29 bits per heavy atom. The highest BCUT2D eigenvalue weighted by Gasteiger charge is 2.31. The molecule has 4 heteroatoms. The number of aryl methyl sites for hydroxylation is 2. The van der Waals surface area contributed by atoms with Crippen LogP contribution in [0.5, 0.6) is 0 Å². The van der Waals surface area contributed by atoms with Crippen LogP contribution in [0.15, 0.2) is 4.47 Å². The standard InChI is InChI=1S/C17H30BrN3/c1-4-6-13-7-8-14(11-19)15(9-13)10-16-17(18)12(3)20-21(16)5-2/h13-15H,4-11,19H2,1-3H3. The van der Waals surface area contributed by atoms with Crippen LogP contribution in [0, 0.1) is 24.7 Å². The highest BCUT2D eigenvalue weighted by molar-refractivity contribution is 9.10. The smallest absolute Gasteiger partial charge is 0.0738 e. The highest BCUT2D eigenvalue weighted by atomic mass is 79.9. The minimum atomic E-state index is 0.686. The van der Waals surface area contributed by atoms with Crippen molar-refractivity contribution < 1.29 is 0 Å². The van der Waals surface area contributed by atoms with Gasteiger partial charge in [0.2, 0.25) is 0 Å². The molecule has 3 atom stereocenters. The Morgan fingerprint density at radius 2 is 2.05 bits per heavy atom. The predicted octanol–water partition coefficient (Wildman–Crippen LogP) is 4.31. The Labute approximate surface area is 137 Å². The minimum absolute atomic E-state index is 0.686. The fraction of sp³-hybridized carbons (Fsp3) is 0.824. The number of nitrogens with two attached hydrogens (primary N) is 1. The maximum atomic E-state index is 6.05. The van der Waals surface area contributed by atoms with Crippen molar-refractivity contribution in [2.24, 2.45) is 23.5 Å². The normalized spacial score (nSPS) is 26.2. The van der Waals surface area contributed by atoms with Crippen LogP contribution in [0.2, 0.25) is 0 Å². The van der Waals surface area contributed by atoms with E-state index in [2.05, 4.69) is 46.5 Å². The van der Waals surface area contributed by atoms with Gasteiger partial charge in [-0.3, -0.25) is 4.68 Å². The van der Waals surface area contributed by atoms with Gasteiger partial charge in [0.1, 0.15) is 0 Å². The summed E-state index contributed by atoms with van der Waals surface area (Å²) in [5.41, 5.74) is 8.53. The molecular formula is C17H30BrN3. The molecule has 0 saturated heterocycles. The van der Waals surface area contributed by atoms with Crippen LogP contribution in [-0.4, -0.2) is 16.3 Å². The van der Waals surface area contributed by atoms with E-state index in [9.17, 15) is 0 Å². The van der Waals surface area contributed by atoms with E-state index in [1.165, 1.54) is 42.3 Å². The zero-order valence-corrected chi connectivity index (χ0v) is 15.3. The van der Waals surface area contributed by atoms with E-state index >= 15 is 0 Å². The molecule has 2 N–H and O–H groups in total. The summed E-state index contributed by atoms with van der Waals surface area (Å²) in [6, 6.07) is 0. The highest BCUT2D eigenvalue weighted by Crippen LogP contribution is 2.38. The van der Waals surface area contributed by atoms with Crippen LogP contribution < -0.4 is 5.73 Å². The number of halogens is 1. The third kappa shape index (κ3) is 3.89. The van der Waals surface area contributed by atoms with Crippen LogP contribution in [-0.2, 0) is 13.0 Å². The molecule has 21 heavy (non-hydrogen) atoms. The molecule has 1 heterocycles. The second-order valence-corrected chi connectivity index (χ2v) is 7.38. The fourth-order valence-corrected chi connectivity index (χ4v) is 4.41. The summed E-state index contributed by atoms with van der Waals surface area (Å²) in [6.07, 6.45) is 7.83. The SMILES string of the molecule is CCCC1CCC(CN)C(Cc2c(Br)c(C)nn2CC)C1. The molecule has 2 rings (SSSR count). The molecule has 1 aliphatic carbocycles. The molecule has 120 valence electrons. The summed E-state index contributed by atoms with van der Waals surface area (Å²) in [7, 11) is 0. The number of hydrogen-bond donors (Lipinski definition) is 1. The van der Waals surface area contributed by atoms with E-state index < -0.39 is 0 Å². The van der Waals surface area contributed by atoms with E-state index in [0.717, 1.165) is 37.0 Å². The molecular weight excluding hydrogens is 326 g/mol. The number of aromatic nitrogens is 2. The van der Waals surface area contributed by atoms with Crippen molar-refractivity contribution in [3.8, 4) is 0 Å². The third-order valence-electron chi connectivity index (χ3n) is 5.16. The summed E-state index contributed by atoms with van der Waals surface area (Å²) in [4.78, 5) is 0. The van der Waals surface area contributed by atoms with Gasteiger partial charge in [-0.25, -0.2) is 0 Å². The van der Waals surface area contributed by atoms with Crippen molar-refractivity contribution in [3.05, 3.63) is 15.9 Å². The van der Waals surface area contributed by atoms with Gasteiger partial charge in [-0.15, -0.1) is 0 Å². The lowest BCUT2D eigenvalue weighted by atomic mass is 9.71. The first-order chi connectivity index (χ1) is 10.1. The van der Waals surface area contributed by atoms with E-state index in [1.807, 2.05) is 0 Å². The Hall–Kier alpha value is -0.350. The Balaban J connectivity index is 2.14. The number of rotatable bonds is 6. The van der Waals surface area contributed by atoms with Crippen molar-refractivity contribution >= 4 is 15.9 Å². The van der Waals surface area contributed by atoms with E-state index in [0.29, 0.717) is 5.92 Å². The van der Waals surface area contributed by atoms with Crippen LogP contribution >= 0.6 is 15.9 Å². The van der Waals surface area contributed by atoms with Crippen LogP contribution in [0.4, 0.5) is 0 Å². The Morgan fingerprint density at radius 3 is 2.67 bits per heavy atom. The molecule has 1 aromatic heterocycles. The molecule has 0 amide bonds. The van der Waals surface area contributed by atoms with Crippen molar-refractivity contribution in [2.75, 3.05) is 6.54 Å². The summed E-state index contributed by atoms with van der Waals surface area (Å²) in [5.74, 6) is 2.31. The lowest BCUT2D eigenvalue weighted by molar-refractivity contribution is 0.173. The van der Waals surface area contributed by atoms with Crippen LogP contribution in [0.1, 0.15) is 57.3 Å². The van der Waals surface area contributed by atoms with Gasteiger partial charge in [-0.1, -0.05) is 26.2 Å². The van der Waals surface area contributed by atoms with Crippen molar-refractivity contribution in [1.82, 2.24) is 9.78 Å². The first-order valence-corrected chi connectivity index (χ1v) is 9.31. The average Bonchev–Trinajstić information content (AvgIpc) is 2.76. The zero-order chi connectivity index (χ0) is 15.4. The van der Waals surface area contributed by atoms with E-state index in [4.69, 9.17) is 5.73 Å². The van der Waals surface area contributed by atoms with Crippen LogP contribution in [0.25, 0.3) is 0 Å². The first-order valence-electron chi connectivity index (χ1n) is 8.52. The van der Waals surface area contributed by atoms with Gasteiger partial charge >= 0.3 is 0 Å². The van der Waals surface area contributed by atoms with Gasteiger partial charge in [-0.2, -0.15) is 5.10 Å². The molecule has 0 bridgehead atoms. The third-order valence-corrected chi connectivity index (χ3v) is 6.19. The maximum Gasteiger partial charge on any atom is 0.0738 e. The van der Waals surface area contributed by atoms with Crippen molar-refractivity contribution in [1.29, 1.82) is 0 Å². The van der Waals surface area contributed by atoms with Gasteiger partial charge in [-0.05, 0) is 73.3 Å². The molecule has 0 aromatic carbocycles. The second kappa shape index (κ2) is 7.77. The average molecular weight is 356 g/mol. The largest absolute Gasteiger partial charge is 0.330 e. The molecule has 1 aliphatic rings. The summed E-state index contributed by atoms with van der Waals surface area (Å²) in [6.45, 7) is 8.33. The van der Waals surface area contributed by atoms with Gasteiger partial charge in [0.15, 0.2) is 0 Å². The summed E-state index contributed by atoms with van der Waals surface area (Å²) >= 11 is 3.74. The van der Waals surface area contributed by atoms with Crippen molar-refractivity contribution in [3.63, 3.8) is 0 Å². The Bertz CT molecular complexity index is 455. The quantitative estimate of drug-likeness (QED) is 0.826. The van der Waals surface area contributed by atoms with Gasteiger partial charge in [0.25, 0.3) is 0 Å².